The number of carbonyl (C=O) groups is 2. The summed E-state index contributed by atoms with van der Waals surface area (Å²) < 4.78 is 58.2. The molecule has 1 aromatic rings. The summed E-state index contributed by atoms with van der Waals surface area (Å²) in [7, 11) is -3.11. The highest BCUT2D eigenvalue weighted by Crippen LogP contribution is 2.42. The summed E-state index contributed by atoms with van der Waals surface area (Å²) in [6.07, 6.45) is 2.93. The Morgan fingerprint density at radius 3 is 2.32 bits per heavy atom. The molecule has 1 spiro atoms. The van der Waals surface area contributed by atoms with E-state index in [1.807, 2.05) is 17.0 Å². The first-order valence-electron chi connectivity index (χ1n) is 9.94. The van der Waals surface area contributed by atoms with Crippen molar-refractivity contribution < 1.29 is 36.3 Å². The molecule has 3 aliphatic rings. The number of hydrogen-bond acceptors (Lipinski definition) is 5. The van der Waals surface area contributed by atoms with Crippen molar-refractivity contribution in [1.82, 2.24) is 14.2 Å². The number of likely N-dealkylation sites (tertiary alicyclic amines) is 1. The Bertz CT molecular complexity index is 911. The third-order valence-corrected chi connectivity index (χ3v) is 8.34. The van der Waals surface area contributed by atoms with Crippen molar-refractivity contribution in [2.24, 2.45) is 0 Å². The molecule has 8 nitrogen and oxygen atoms in total. The van der Waals surface area contributed by atoms with Crippen LogP contribution in [0.25, 0.3) is 0 Å². The molecule has 31 heavy (non-hydrogen) atoms. The molecule has 1 saturated carbocycles. The van der Waals surface area contributed by atoms with Crippen molar-refractivity contribution in [3.8, 4) is 0 Å². The van der Waals surface area contributed by atoms with Gasteiger partial charge in [0.2, 0.25) is 15.9 Å². The molecule has 4 rings (SSSR count). The first kappa shape index (κ1) is 23.5. The Balaban J connectivity index is 0.000000339. The summed E-state index contributed by atoms with van der Waals surface area (Å²) >= 11 is 0. The van der Waals surface area contributed by atoms with Crippen LogP contribution in [0.4, 0.5) is 13.2 Å². The zero-order chi connectivity index (χ0) is 22.9. The number of rotatable bonds is 4. The zero-order valence-electron chi connectivity index (χ0n) is 16.7. The van der Waals surface area contributed by atoms with E-state index in [1.165, 1.54) is 0 Å². The highest BCUT2D eigenvalue weighted by Gasteiger charge is 2.50. The lowest BCUT2D eigenvalue weighted by atomic mass is 9.85. The van der Waals surface area contributed by atoms with Crippen molar-refractivity contribution in [2.45, 2.75) is 62.0 Å². The van der Waals surface area contributed by atoms with E-state index in [0.29, 0.717) is 26.1 Å². The SMILES string of the molecule is O=C(O)C(F)(F)F.O=C1CCC2(CCN(S(=O)(=O)C3CC3)CC2)N1Cc1cccnc1. The minimum atomic E-state index is -5.08. The van der Waals surface area contributed by atoms with E-state index in [1.54, 1.807) is 16.7 Å². The summed E-state index contributed by atoms with van der Waals surface area (Å²) in [5.41, 5.74) is 0.850. The lowest BCUT2D eigenvalue weighted by Gasteiger charge is -2.44. The van der Waals surface area contributed by atoms with Gasteiger partial charge in [-0.05, 0) is 43.7 Å². The number of carbonyl (C=O) groups excluding carboxylic acids is 1. The average molecular weight is 463 g/mol. The Morgan fingerprint density at radius 2 is 1.84 bits per heavy atom. The molecule has 1 aromatic heterocycles. The van der Waals surface area contributed by atoms with Gasteiger partial charge >= 0.3 is 12.1 Å². The fourth-order valence-corrected chi connectivity index (χ4v) is 5.90. The Labute approximate surface area is 178 Å². The zero-order valence-corrected chi connectivity index (χ0v) is 17.5. The highest BCUT2D eigenvalue weighted by atomic mass is 32.2. The summed E-state index contributed by atoms with van der Waals surface area (Å²) in [6.45, 7) is 1.65. The maximum absolute atomic E-state index is 12.4. The largest absolute Gasteiger partial charge is 0.490 e. The van der Waals surface area contributed by atoms with Crippen LogP contribution in [0.5, 0.6) is 0 Å². The Hall–Kier alpha value is -2.21. The molecule has 0 unspecified atom stereocenters. The molecular formula is C19H24F3N3O5S. The van der Waals surface area contributed by atoms with Crippen molar-refractivity contribution in [3.05, 3.63) is 30.1 Å². The van der Waals surface area contributed by atoms with E-state index in [-0.39, 0.29) is 16.7 Å². The van der Waals surface area contributed by atoms with Crippen molar-refractivity contribution in [1.29, 1.82) is 0 Å². The highest BCUT2D eigenvalue weighted by molar-refractivity contribution is 7.90. The molecule has 3 heterocycles. The molecule has 0 aromatic carbocycles. The number of aliphatic carboxylic acids is 1. The lowest BCUT2D eigenvalue weighted by molar-refractivity contribution is -0.192. The van der Waals surface area contributed by atoms with Crippen LogP contribution in [0.1, 0.15) is 44.1 Å². The number of aromatic nitrogens is 1. The summed E-state index contributed by atoms with van der Waals surface area (Å²) in [5, 5.41) is 6.98. The fraction of sp³-hybridized carbons (Fsp3) is 0.632. The second-order valence-electron chi connectivity index (χ2n) is 8.01. The average Bonchev–Trinajstić information content (AvgIpc) is 3.53. The molecule has 12 heteroatoms. The van der Waals surface area contributed by atoms with Crippen LogP contribution < -0.4 is 0 Å². The predicted molar refractivity (Wildman–Crippen MR) is 103 cm³/mol. The molecule has 1 amide bonds. The van der Waals surface area contributed by atoms with Crippen LogP contribution in [0, 0.1) is 0 Å². The number of sulfonamides is 1. The molecule has 0 bridgehead atoms. The lowest BCUT2D eigenvalue weighted by Crippen LogP contribution is -2.54. The first-order valence-corrected chi connectivity index (χ1v) is 11.4. The molecule has 3 fully saturated rings. The van der Waals surface area contributed by atoms with Gasteiger partial charge in [0, 0.05) is 44.0 Å². The van der Waals surface area contributed by atoms with Crippen LogP contribution in [-0.2, 0) is 26.2 Å². The van der Waals surface area contributed by atoms with Crippen molar-refractivity contribution in [2.75, 3.05) is 13.1 Å². The molecule has 2 aliphatic heterocycles. The van der Waals surface area contributed by atoms with Gasteiger partial charge in [0.05, 0.1) is 5.25 Å². The molecule has 1 aliphatic carbocycles. The van der Waals surface area contributed by atoms with Crippen LogP contribution in [0.2, 0.25) is 0 Å². The van der Waals surface area contributed by atoms with Gasteiger partial charge in [0.1, 0.15) is 0 Å². The predicted octanol–water partition coefficient (Wildman–Crippen LogP) is 2.16. The first-order chi connectivity index (χ1) is 14.5. The topological polar surface area (TPSA) is 108 Å². The third-order valence-electron chi connectivity index (χ3n) is 5.94. The van der Waals surface area contributed by atoms with E-state index in [9.17, 15) is 26.4 Å². The van der Waals surface area contributed by atoms with Gasteiger partial charge in [-0.2, -0.15) is 13.2 Å². The second-order valence-corrected chi connectivity index (χ2v) is 10.2. The Morgan fingerprint density at radius 1 is 1.23 bits per heavy atom. The van der Waals surface area contributed by atoms with E-state index < -0.39 is 22.2 Å². The van der Waals surface area contributed by atoms with Crippen LogP contribution in [-0.4, -0.2) is 69.6 Å². The van der Waals surface area contributed by atoms with Gasteiger partial charge < -0.3 is 10.0 Å². The number of carboxylic acid groups (broad SMARTS) is 1. The summed E-state index contributed by atoms with van der Waals surface area (Å²) in [4.78, 5) is 27.4. The molecule has 172 valence electrons. The van der Waals surface area contributed by atoms with Gasteiger partial charge in [-0.1, -0.05) is 6.07 Å². The number of pyridine rings is 1. The number of hydrogen-bond donors (Lipinski definition) is 1. The molecule has 0 atom stereocenters. The fourth-order valence-electron chi connectivity index (χ4n) is 4.06. The van der Waals surface area contributed by atoms with Crippen LogP contribution in [0.15, 0.2) is 24.5 Å². The second kappa shape index (κ2) is 8.73. The standard InChI is InChI=1S/C17H23N3O3S.C2HF3O2/c21-16-5-6-17(20(16)13-14-2-1-9-18-12-14)7-10-19(11-8-17)24(22,23)15-3-4-15;3-2(4,5)1(6)7/h1-2,9,12,15H,3-8,10-11,13H2;(H,6,7). The van der Waals surface area contributed by atoms with Gasteiger partial charge in [-0.3, -0.25) is 9.78 Å². The smallest absolute Gasteiger partial charge is 0.475 e. The van der Waals surface area contributed by atoms with Crippen LogP contribution >= 0.6 is 0 Å². The molecule has 2 saturated heterocycles. The number of alkyl halides is 3. The molecule has 1 N–H and O–H groups in total. The van der Waals surface area contributed by atoms with E-state index >= 15 is 0 Å². The normalized spacial score (nSPS) is 21.6. The minimum Gasteiger partial charge on any atom is -0.475 e. The number of nitrogens with zero attached hydrogens (tertiary/aromatic N) is 3. The van der Waals surface area contributed by atoms with E-state index in [2.05, 4.69) is 4.98 Å². The van der Waals surface area contributed by atoms with Gasteiger partial charge in [0.15, 0.2) is 0 Å². The number of piperidine rings is 1. The van der Waals surface area contributed by atoms with Gasteiger partial charge in [-0.15, -0.1) is 0 Å². The maximum atomic E-state index is 12.4. The molecule has 0 radical (unpaired) electrons. The monoisotopic (exact) mass is 463 g/mol. The summed E-state index contributed by atoms with van der Waals surface area (Å²) in [5.74, 6) is -2.58. The minimum absolute atomic E-state index is 0.150. The quantitative estimate of drug-likeness (QED) is 0.733. The molecular weight excluding hydrogens is 439 g/mol. The number of carboxylic acids is 1. The van der Waals surface area contributed by atoms with Crippen molar-refractivity contribution in [3.63, 3.8) is 0 Å². The Kier molecular flexibility index (Phi) is 6.61. The summed E-state index contributed by atoms with van der Waals surface area (Å²) in [6, 6.07) is 3.87. The van der Waals surface area contributed by atoms with Crippen molar-refractivity contribution >= 4 is 21.9 Å². The van der Waals surface area contributed by atoms with E-state index in [0.717, 1.165) is 37.7 Å². The van der Waals surface area contributed by atoms with Gasteiger partial charge in [0.25, 0.3) is 0 Å². The van der Waals surface area contributed by atoms with Gasteiger partial charge in [-0.25, -0.2) is 17.5 Å². The van der Waals surface area contributed by atoms with Crippen LogP contribution in [0.3, 0.4) is 0 Å². The number of amides is 1. The van der Waals surface area contributed by atoms with E-state index in [4.69, 9.17) is 9.90 Å². The maximum Gasteiger partial charge on any atom is 0.490 e. The third kappa shape index (κ3) is 5.35. The number of halogens is 3.